The van der Waals surface area contributed by atoms with Crippen LogP contribution in [-0.4, -0.2) is 9.97 Å². The molecular formula is C14H12ClFN2. The van der Waals surface area contributed by atoms with Gasteiger partial charge in [0.2, 0.25) is 0 Å². The lowest BCUT2D eigenvalue weighted by molar-refractivity contribution is 0.612. The Bertz CT molecular complexity index is 582. The first-order chi connectivity index (χ1) is 8.72. The zero-order chi connectivity index (χ0) is 12.5. The monoisotopic (exact) mass is 262 g/mol. The SMILES string of the molecule is Fc1ccccc1Cc1nc(Cl)cc(C2CC2)n1. The molecule has 0 aliphatic heterocycles. The van der Waals surface area contributed by atoms with Crippen molar-refractivity contribution < 1.29 is 4.39 Å². The van der Waals surface area contributed by atoms with Gasteiger partial charge < -0.3 is 0 Å². The molecule has 1 fully saturated rings. The molecule has 0 atom stereocenters. The Morgan fingerprint density at radius 1 is 1.22 bits per heavy atom. The van der Waals surface area contributed by atoms with Gasteiger partial charge in [-0.25, -0.2) is 14.4 Å². The molecule has 0 radical (unpaired) electrons. The van der Waals surface area contributed by atoms with E-state index in [0.717, 1.165) is 18.5 Å². The van der Waals surface area contributed by atoms with Gasteiger partial charge in [-0.3, -0.25) is 0 Å². The van der Waals surface area contributed by atoms with E-state index in [0.29, 0.717) is 28.9 Å². The molecule has 3 rings (SSSR count). The van der Waals surface area contributed by atoms with Crippen molar-refractivity contribution in [2.24, 2.45) is 0 Å². The van der Waals surface area contributed by atoms with E-state index in [9.17, 15) is 4.39 Å². The quantitative estimate of drug-likeness (QED) is 0.788. The van der Waals surface area contributed by atoms with Gasteiger partial charge in [-0.1, -0.05) is 29.8 Å². The topological polar surface area (TPSA) is 25.8 Å². The second-order valence-corrected chi connectivity index (χ2v) is 4.96. The molecule has 1 aromatic carbocycles. The molecule has 1 aliphatic rings. The maximum absolute atomic E-state index is 13.6. The van der Waals surface area contributed by atoms with E-state index in [-0.39, 0.29) is 5.82 Å². The molecule has 0 amide bonds. The molecule has 0 saturated heterocycles. The van der Waals surface area contributed by atoms with Crippen LogP contribution in [0.2, 0.25) is 5.15 Å². The van der Waals surface area contributed by atoms with Crippen molar-refractivity contribution in [1.29, 1.82) is 0 Å². The third-order valence-corrected chi connectivity index (χ3v) is 3.26. The van der Waals surface area contributed by atoms with E-state index < -0.39 is 0 Å². The summed E-state index contributed by atoms with van der Waals surface area (Å²) in [5, 5.41) is 0.443. The summed E-state index contributed by atoms with van der Waals surface area (Å²) in [5.41, 5.74) is 1.59. The predicted molar refractivity (Wildman–Crippen MR) is 68.2 cm³/mol. The van der Waals surface area contributed by atoms with Gasteiger partial charge in [0.05, 0.1) is 0 Å². The molecule has 92 valence electrons. The summed E-state index contributed by atoms with van der Waals surface area (Å²) in [4.78, 5) is 8.64. The Kier molecular flexibility index (Phi) is 3.00. The molecule has 1 aromatic heterocycles. The van der Waals surface area contributed by atoms with Crippen LogP contribution < -0.4 is 0 Å². The summed E-state index contributed by atoms with van der Waals surface area (Å²) in [5.74, 6) is 0.883. The number of hydrogen-bond donors (Lipinski definition) is 0. The molecule has 0 spiro atoms. The van der Waals surface area contributed by atoms with Crippen LogP contribution in [0.4, 0.5) is 4.39 Å². The lowest BCUT2D eigenvalue weighted by Gasteiger charge is -2.05. The largest absolute Gasteiger partial charge is 0.237 e. The number of rotatable bonds is 3. The molecule has 0 N–H and O–H groups in total. The first kappa shape index (κ1) is 11.6. The number of benzene rings is 1. The zero-order valence-electron chi connectivity index (χ0n) is 9.74. The highest BCUT2D eigenvalue weighted by molar-refractivity contribution is 6.29. The molecule has 0 bridgehead atoms. The third kappa shape index (κ3) is 2.51. The Balaban J connectivity index is 1.90. The van der Waals surface area contributed by atoms with Gasteiger partial charge >= 0.3 is 0 Å². The van der Waals surface area contributed by atoms with Crippen LogP contribution in [0.3, 0.4) is 0 Å². The second kappa shape index (κ2) is 4.65. The fourth-order valence-corrected chi connectivity index (χ4v) is 2.17. The van der Waals surface area contributed by atoms with Crippen LogP contribution in [0.25, 0.3) is 0 Å². The van der Waals surface area contributed by atoms with Crippen molar-refractivity contribution in [1.82, 2.24) is 9.97 Å². The lowest BCUT2D eigenvalue weighted by Crippen LogP contribution is -2.01. The number of nitrogens with zero attached hydrogens (tertiary/aromatic N) is 2. The van der Waals surface area contributed by atoms with Crippen LogP contribution >= 0.6 is 11.6 Å². The van der Waals surface area contributed by atoms with Crippen molar-refractivity contribution in [2.45, 2.75) is 25.2 Å². The Labute approximate surface area is 110 Å². The van der Waals surface area contributed by atoms with Gasteiger partial charge in [0.25, 0.3) is 0 Å². The van der Waals surface area contributed by atoms with E-state index in [1.165, 1.54) is 6.07 Å². The second-order valence-electron chi connectivity index (χ2n) is 4.57. The minimum absolute atomic E-state index is 0.228. The van der Waals surface area contributed by atoms with E-state index in [2.05, 4.69) is 9.97 Å². The molecule has 2 aromatic rings. The van der Waals surface area contributed by atoms with Gasteiger partial charge in [0, 0.05) is 18.0 Å². The fourth-order valence-electron chi connectivity index (χ4n) is 1.96. The zero-order valence-corrected chi connectivity index (χ0v) is 10.5. The summed E-state index contributed by atoms with van der Waals surface area (Å²) in [6.45, 7) is 0. The van der Waals surface area contributed by atoms with Gasteiger partial charge in [0.15, 0.2) is 0 Å². The highest BCUT2D eigenvalue weighted by atomic mass is 35.5. The Morgan fingerprint density at radius 2 is 2.00 bits per heavy atom. The molecule has 1 heterocycles. The standard InChI is InChI=1S/C14H12ClFN2/c15-13-8-12(9-5-6-9)17-14(18-13)7-10-3-1-2-4-11(10)16/h1-4,8-9H,5-7H2. The minimum Gasteiger partial charge on any atom is -0.237 e. The van der Waals surface area contributed by atoms with Crippen LogP contribution in [0.15, 0.2) is 30.3 Å². The van der Waals surface area contributed by atoms with Crippen LogP contribution in [0.5, 0.6) is 0 Å². The molecule has 18 heavy (non-hydrogen) atoms. The molecule has 2 nitrogen and oxygen atoms in total. The number of halogens is 2. The van der Waals surface area contributed by atoms with E-state index in [1.54, 1.807) is 12.1 Å². The predicted octanol–water partition coefficient (Wildman–Crippen LogP) is 3.74. The Hall–Kier alpha value is -1.48. The molecule has 0 unspecified atom stereocenters. The Morgan fingerprint density at radius 3 is 2.72 bits per heavy atom. The normalized spacial score (nSPS) is 14.8. The highest BCUT2D eigenvalue weighted by Crippen LogP contribution is 2.39. The van der Waals surface area contributed by atoms with Crippen molar-refractivity contribution in [3.63, 3.8) is 0 Å². The summed E-state index contributed by atoms with van der Waals surface area (Å²) in [6, 6.07) is 8.49. The fraction of sp³-hybridized carbons (Fsp3) is 0.286. The minimum atomic E-state index is -0.228. The molecule has 1 saturated carbocycles. The summed E-state index contributed by atoms with van der Waals surface area (Å²) < 4.78 is 13.6. The smallest absolute Gasteiger partial charge is 0.134 e. The van der Waals surface area contributed by atoms with Crippen molar-refractivity contribution >= 4 is 11.6 Å². The third-order valence-electron chi connectivity index (χ3n) is 3.06. The maximum atomic E-state index is 13.6. The van der Waals surface area contributed by atoms with E-state index in [1.807, 2.05) is 12.1 Å². The summed E-state index contributed by atoms with van der Waals surface area (Å²) in [6.07, 6.45) is 2.70. The van der Waals surface area contributed by atoms with E-state index in [4.69, 9.17) is 11.6 Å². The molecular weight excluding hydrogens is 251 g/mol. The van der Waals surface area contributed by atoms with Crippen molar-refractivity contribution in [2.75, 3.05) is 0 Å². The van der Waals surface area contributed by atoms with Gasteiger partial charge in [-0.05, 0) is 30.5 Å². The van der Waals surface area contributed by atoms with Crippen molar-refractivity contribution in [3.05, 3.63) is 58.4 Å². The lowest BCUT2D eigenvalue weighted by atomic mass is 10.1. The van der Waals surface area contributed by atoms with E-state index >= 15 is 0 Å². The van der Waals surface area contributed by atoms with Crippen LogP contribution in [-0.2, 0) is 6.42 Å². The summed E-state index contributed by atoms with van der Waals surface area (Å²) >= 11 is 5.98. The van der Waals surface area contributed by atoms with Crippen molar-refractivity contribution in [3.8, 4) is 0 Å². The van der Waals surface area contributed by atoms with Crippen LogP contribution in [0, 0.1) is 5.82 Å². The molecule has 1 aliphatic carbocycles. The van der Waals surface area contributed by atoms with Gasteiger partial charge in [0.1, 0.15) is 16.8 Å². The number of hydrogen-bond acceptors (Lipinski definition) is 2. The number of aromatic nitrogens is 2. The maximum Gasteiger partial charge on any atom is 0.134 e. The van der Waals surface area contributed by atoms with Gasteiger partial charge in [-0.15, -0.1) is 0 Å². The van der Waals surface area contributed by atoms with Gasteiger partial charge in [-0.2, -0.15) is 0 Å². The average Bonchev–Trinajstić information content (AvgIpc) is 3.15. The van der Waals surface area contributed by atoms with Crippen LogP contribution in [0.1, 0.15) is 35.8 Å². The molecule has 4 heteroatoms. The summed E-state index contributed by atoms with van der Waals surface area (Å²) in [7, 11) is 0. The first-order valence-corrected chi connectivity index (χ1v) is 6.37. The average molecular weight is 263 g/mol. The highest BCUT2D eigenvalue weighted by Gasteiger charge is 2.26. The first-order valence-electron chi connectivity index (χ1n) is 5.99.